The number of rotatable bonds is 7. The molecule has 108 valence electrons. The summed E-state index contributed by atoms with van der Waals surface area (Å²) in [6, 6.07) is 10.5. The van der Waals surface area contributed by atoms with Gasteiger partial charge in [0.25, 0.3) is 0 Å². The second kappa shape index (κ2) is 7.81. The fourth-order valence-electron chi connectivity index (χ4n) is 1.93. The molecule has 2 rings (SSSR count). The zero-order valence-electron chi connectivity index (χ0n) is 12.3. The van der Waals surface area contributed by atoms with E-state index in [-0.39, 0.29) is 0 Å². The van der Waals surface area contributed by atoms with Gasteiger partial charge in [0.15, 0.2) is 0 Å². The average Bonchev–Trinajstić information content (AvgIpc) is 2.87. The number of thiazole rings is 1. The highest BCUT2D eigenvalue weighted by Crippen LogP contribution is 2.31. The van der Waals surface area contributed by atoms with Crippen LogP contribution in [0.4, 0.5) is 0 Å². The Balaban J connectivity index is 2.23. The fraction of sp³-hybridized carbons (Fsp3) is 0.438. The number of nitrogens with zero attached hydrogens (tertiary/aromatic N) is 1. The SMILES string of the molecule is CNCCc1sc(CSC(C)C)nc1-c1ccccc1. The molecule has 20 heavy (non-hydrogen) atoms. The van der Waals surface area contributed by atoms with Crippen LogP contribution in [0.5, 0.6) is 0 Å². The highest BCUT2D eigenvalue weighted by molar-refractivity contribution is 7.99. The summed E-state index contributed by atoms with van der Waals surface area (Å²) in [4.78, 5) is 6.27. The number of benzene rings is 1. The van der Waals surface area contributed by atoms with Gasteiger partial charge in [0.05, 0.1) is 5.69 Å². The van der Waals surface area contributed by atoms with Gasteiger partial charge in [-0.2, -0.15) is 11.8 Å². The van der Waals surface area contributed by atoms with Crippen LogP contribution in [0, 0.1) is 0 Å². The molecule has 0 spiro atoms. The van der Waals surface area contributed by atoms with E-state index in [1.54, 1.807) is 0 Å². The largest absolute Gasteiger partial charge is 0.319 e. The summed E-state index contributed by atoms with van der Waals surface area (Å²) in [5, 5.41) is 5.12. The van der Waals surface area contributed by atoms with Crippen LogP contribution in [0.1, 0.15) is 23.7 Å². The van der Waals surface area contributed by atoms with Crippen molar-refractivity contribution < 1.29 is 0 Å². The van der Waals surface area contributed by atoms with Crippen LogP contribution in [0.25, 0.3) is 11.3 Å². The van der Waals surface area contributed by atoms with Crippen molar-refractivity contribution in [1.82, 2.24) is 10.3 Å². The van der Waals surface area contributed by atoms with Crippen molar-refractivity contribution in [1.29, 1.82) is 0 Å². The van der Waals surface area contributed by atoms with Gasteiger partial charge in [0, 0.05) is 16.2 Å². The van der Waals surface area contributed by atoms with Crippen LogP contribution in [0.2, 0.25) is 0 Å². The molecule has 2 nitrogen and oxygen atoms in total. The van der Waals surface area contributed by atoms with Gasteiger partial charge in [0.2, 0.25) is 0 Å². The monoisotopic (exact) mass is 306 g/mol. The maximum Gasteiger partial charge on any atom is 0.103 e. The number of hydrogen-bond donors (Lipinski definition) is 1. The predicted octanol–water partition coefficient (Wildman–Crippen LogP) is 4.21. The van der Waals surface area contributed by atoms with Crippen LogP contribution in [0.3, 0.4) is 0 Å². The van der Waals surface area contributed by atoms with Gasteiger partial charge in [0.1, 0.15) is 5.01 Å². The molecule has 0 bridgehead atoms. The Kier molecular flexibility index (Phi) is 6.07. The van der Waals surface area contributed by atoms with Crippen LogP contribution >= 0.6 is 23.1 Å². The molecule has 0 unspecified atom stereocenters. The minimum Gasteiger partial charge on any atom is -0.319 e. The normalized spacial score (nSPS) is 11.2. The first-order valence-electron chi connectivity index (χ1n) is 7.01. The second-order valence-corrected chi connectivity index (χ2v) is 7.69. The highest BCUT2D eigenvalue weighted by Gasteiger charge is 2.13. The first-order valence-corrected chi connectivity index (χ1v) is 8.87. The molecule has 1 N–H and O–H groups in total. The third-order valence-corrected chi connectivity index (χ3v) is 5.34. The van der Waals surface area contributed by atoms with Gasteiger partial charge >= 0.3 is 0 Å². The van der Waals surface area contributed by atoms with Crippen molar-refractivity contribution in [2.45, 2.75) is 31.3 Å². The number of thioether (sulfide) groups is 1. The standard InChI is InChI=1S/C16H22N2S2/c1-12(2)19-11-15-18-16(13-7-5-4-6-8-13)14(20-15)9-10-17-3/h4-8,12,17H,9-11H2,1-3H3. The lowest BCUT2D eigenvalue weighted by molar-refractivity contribution is 0.799. The van der Waals surface area contributed by atoms with Crippen molar-refractivity contribution in [2.24, 2.45) is 0 Å². The molecule has 0 amide bonds. The Bertz CT molecular complexity index is 521. The Labute approximate surface area is 130 Å². The Morgan fingerprint density at radius 3 is 2.65 bits per heavy atom. The quantitative estimate of drug-likeness (QED) is 0.829. The van der Waals surface area contributed by atoms with E-state index in [1.807, 2.05) is 30.1 Å². The maximum atomic E-state index is 4.88. The van der Waals surface area contributed by atoms with E-state index in [4.69, 9.17) is 4.98 Å². The molecular formula is C16H22N2S2. The maximum absolute atomic E-state index is 4.88. The zero-order chi connectivity index (χ0) is 14.4. The molecule has 0 saturated heterocycles. The van der Waals surface area contributed by atoms with E-state index in [0.29, 0.717) is 5.25 Å². The lowest BCUT2D eigenvalue weighted by atomic mass is 10.1. The van der Waals surface area contributed by atoms with Crippen LogP contribution in [-0.4, -0.2) is 23.8 Å². The summed E-state index contributed by atoms with van der Waals surface area (Å²) < 4.78 is 0. The Hall–Kier alpha value is -0.840. The van der Waals surface area contributed by atoms with Crippen molar-refractivity contribution >= 4 is 23.1 Å². The number of hydrogen-bond acceptors (Lipinski definition) is 4. The summed E-state index contributed by atoms with van der Waals surface area (Å²) in [6.45, 7) is 5.47. The molecule has 0 aliphatic heterocycles. The van der Waals surface area contributed by atoms with Gasteiger partial charge in [-0.1, -0.05) is 44.2 Å². The fourth-order valence-corrected chi connectivity index (χ4v) is 3.80. The Morgan fingerprint density at radius 2 is 2.00 bits per heavy atom. The molecular weight excluding hydrogens is 284 g/mol. The summed E-state index contributed by atoms with van der Waals surface area (Å²) in [5.41, 5.74) is 2.40. The first-order chi connectivity index (χ1) is 9.70. The molecule has 0 fully saturated rings. The van der Waals surface area contributed by atoms with Gasteiger partial charge in [-0.05, 0) is 25.3 Å². The number of nitrogens with one attached hydrogen (secondary N) is 1. The summed E-state index contributed by atoms with van der Waals surface area (Å²) >= 11 is 3.82. The van der Waals surface area contributed by atoms with Crippen LogP contribution in [-0.2, 0) is 12.2 Å². The first kappa shape index (κ1) is 15.5. The number of aromatic nitrogens is 1. The second-order valence-electron chi connectivity index (χ2n) is 4.96. The van der Waals surface area contributed by atoms with Gasteiger partial charge in [-0.3, -0.25) is 0 Å². The minimum atomic E-state index is 0.653. The molecule has 0 radical (unpaired) electrons. The van der Waals surface area contributed by atoms with Crippen LogP contribution in [0.15, 0.2) is 30.3 Å². The topological polar surface area (TPSA) is 24.9 Å². The summed E-state index contributed by atoms with van der Waals surface area (Å²) in [5.74, 6) is 1.02. The van der Waals surface area contributed by atoms with E-state index in [9.17, 15) is 0 Å². The minimum absolute atomic E-state index is 0.653. The van der Waals surface area contributed by atoms with E-state index in [2.05, 4.69) is 49.5 Å². The molecule has 0 aliphatic rings. The summed E-state index contributed by atoms with van der Waals surface area (Å²) in [7, 11) is 2.00. The molecule has 1 heterocycles. The van der Waals surface area contributed by atoms with Gasteiger partial charge in [-0.15, -0.1) is 11.3 Å². The van der Waals surface area contributed by atoms with Crippen molar-refractivity contribution in [3.05, 3.63) is 40.2 Å². The lowest BCUT2D eigenvalue weighted by Crippen LogP contribution is -2.09. The molecule has 0 aliphatic carbocycles. The average molecular weight is 306 g/mol. The predicted molar refractivity (Wildman–Crippen MR) is 91.6 cm³/mol. The van der Waals surface area contributed by atoms with Crippen molar-refractivity contribution in [3.8, 4) is 11.3 Å². The van der Waals surface area contributed by atoms with Crippen molar-refractivity contribution in [3.63, 3.8) is 0 Å². The van der Waals surface area contributed by atoms with Gasteiger partial charge in [-0.25, -0.2) is 4.98 Å². The zero-order valence-corrected chi connectivity index (χ0v) is 14.0. The third kappa shape index (κ3) is 4.33. The lowest BCUT2D eigenvalue weighted by Gasteiger charge is -2.01. The molecule has 4 heteroatoms. The van der Waals surface area contributed by atoms with Gasteiger partial charge < -0.3 is 5.32 Å². The van der Waals surface area contributed by atoms with Crippen LogP contribution < -0.4 is 5.32 Å². The number of likely N-dealkylation sites (N-methyl/N-ethyl adjacent to an activating group) is 1. The summed E-state index contributed by atoms with van der Waals surface area (Å²) in [6.07, 6.45) is 1.05. The third-order valence-electron chi connectivity index (χ3n) is 2.93. The highest BCUT2D eigenvalue weighted by atomic mass is 32.2. The smallest absolute Gasteiger partial charge is 0.103 e. The van der Waals surface area contributed by atoms with E-state index >= 15 is 0 Å². The van der Waals surface area contributed by atoms with E-state index < -0.39 is 0 Å². The molecule has 0 saturated carbocycles. The van der Waals surface area contributed by atoms with Crippen molar-refractivity contribution in [2.75, 3.05) is 13.6 Å². The van der Waals surface area contributed by atoms with E-state index in [0.717, 1.165) is 18.7 Å². The molecule has 1 aromatic carbocycles. The molecule has 2 aromatic rings. The Morgan fingerprint density at radius 1 is 1.25 bits per heavy atom. The van der Waals surface area contributed by atoms with E-state index in [1.165, 1.54) is 21.1 Å². The molecule has 0 atom stereocenters. The molecule has 1 aromatic heterocycles.